The van der Waals surface area contributed by atoms with Crippen molar-refractivity contribution in [3.05, 3.63) is 30.3 Å². The van der Waals surface area contributed by atoms with Crippen LogP contribution in [0.3, 0.4) is 0 Å². The highest BCUT2D eigenvalue weighted by atomic mass is 32.2. The molecule has 0 heterocycles. The first-order chi connectivity index (χ1) is 9.43. The van der Waals surface area contributed by atoms with Crippen LogP contribution in [0.5, 0.6) is 0 Å². The summed E-state index contributed by atoms with van der Waals surface area (Å²) in [6, 6.07) is 8.99. The first-order valence-corrected chi connectivity index (χ1v) is 8.23. The molecule has 0 unspecified atom stereocenters. The Hall–Kier alpha value is -1.60. The normalized spacial score (nSPS) is 11.3. The molecule has 1 aromatic rings. The second-order valence-electron chi connectivity index (χ2n) is 4.22. The molecule has 112 valence electrons. The third-order valence-corrected chi connectivity index (χ3v) is 3.55. The number of benzene rings is 1. The maximum Gasteiger partial charge on any atom is 0.305 e. The van der Waals surface area contributed by atoms with E-state index >= 15 is 0 Å². The number of carbonyl (C=O) groups excluding carboxylic acids is 1. The Morgan fingerprint density at radius 1 is 1.30 bits per heavy atom. The lowest BCUT2D eigenvalue weighted by atomic mass is 10.3. The van der Waals surface area contributed by atoms with Gasteiger partial charge in [-0.25, -0.2) is 8.42 Å². The summed E-state index contributed by atoms with van der Waals surface area (Å²) in [6.45, 7) is 2.26. The molecule has 0 saturated carbocycles. The molecular formula is C13H20N2O4S. The fraction of sp³-hybridized carbons (Fsp3) is 0.462. The number of anilines is 1. The van der Waals surface area contributed by atoms with Gasteiger partial charge in [0.1, 0.15) is 0 Å². The van der Waals surface area contributed by atoms with Crippen molar-refractivity contribution >= 4 is 21.7 Å². The molecule has 1 rings (SSSR count). The van der Waals surface area contributed by atoms with Crippen molar-refractivity contribution in [2.45, 2.75) is 19.8 Å². The van der Waals surface area contributed by atoms with Crippen LogP contribution in [0.1, 0.15) is 19.8 Å². The molecule has 0 bridgehead atoms. The number of ether oxygens (including phenoxy) is 1. The molecule has 0 aliphatic rings. The summed E-state index contributed by atoms with van der Waals surface area (Å²) in [5.74, 6) is -0.319. The molecule has 7 heteroatoms. The number of hydrazine groups is 1. The van der Waals surface area contributed by atoms with Crippen molar-refractivity contribution in [2.75, 3.05) is 24.8 Å². The molecule has 1 aromatic carbocycles. The highest BCUT2D eigenvalue weighted by Crippen LogP contribution is 2.10. The van der Waals surface area contributed by atoms with Crippen LogP contribution in [0.2, 0.25) is 0 Å². The molecule has 0 saturated heterocycles. The van der Waals surface area contributed by atoms with Crippen molar-refractivity contribution in [3.8, 4) is 0 Å². The number of para-hydroxylation sites is 1. The zero-order chi connectivity index (χ0) is 15.0. The van der Waals surface area contributed by atoms with E-state index in [0.717, 1.165) is 10.7 Å². The van der Waals surface area contributed by atoms with Gasteiger partial charge in [-0.3, -0.25) is 4.79 Å². The zero-order valence-electron chi connectivity index (χ0n) is 11.7. The number of carbonyl (C=O) groups is 1. The molecule has 6 nitrogen and oxygen atoms in total. The molecule has 0 amide bonds. The molecule has 0 spiro atoms. The van der Waals surface area contributed by atoms with E-state index in [-0.39, 0.29) is 18.9 Å². The van der Waals surface area contributed by atoms with Gasteiger partial charge in [-0.15, -0.1) is 4.41 Å². The smallest absolute Gasteiger partial charge is 0.305 e. The molecular weight excluding hydrogens is 280 g/mol. The van der Waals surface area contributed by atoms with Crippen molar-refractivity contribution < 1.29 is 17.9 Å². The van der Waals surface area contributed by atoms with E-state index in [0.29, 0.717) is 18.7 Å². The van der Waals surface area contributed by atoms with Gasteiger partial charge in [-0.05, 0) is 25.5 Å². The highest BCUT2D eigenvalue weighted by molar-refractivity contribution is 7.88. The number of hydrogen-bond acceptors (Lipinski definition) is 5. The Bertz CT molecular complexity index is 516. The minimum absolute atomic E-state index is 0.191. The largest absolute Gasteiger partial charge is 0.466 e. The Labute approximate surface area is 119 Å². The van der Waals surface area contributed by atoms with Crippen LogP contribution >= 0.6 is 0 Å². The number of nitrogens with zero attached hydrogens (tertiary/aromatic N) is 1. The van der Waals surface area contributed by atoms with E-state index in [4.69, 9.17) is 4.74 Å². The summed E-state index contributed by atoms with van der Waals surface area (Å²) >= 11 is 0. The van der Waals surface area contributed by atoms with Crippen LogP contribution in [0.15, 0.2) is 30.3 Å². The number of sulfonamides is 1. The molecule has 1 N–H and O–H groups in total. The second kappa shape index (κ2) is 7.86. The third kappa shape index (κ3) is 6.03. The molecule has 0 aliphatic carbocycles. The standard InChI is InChI=1S/C13H20N2O4S/c1-3-19-13(16)10-7-11-15(20(2,17)18)14-12-8-5-4-6-9-12/h4-6,8-9,14H,3,7,10-11H2,1-2H3. The molecule has 0 radical (unpaired) electrons. The van der Waals surface area contributed by atoms with E-state index in [1.807, 2.05) is 6.07 Å². The monoisotopic (exact) mass is 300 g/mol. The summed E-state index contributed by atoms with van der Waals surface area (Å²) in [6.07, 6.45) is 1.70. The van der Waals surface area contributed by atoms with Gasteiger partial charge in [-0.1, -0.05) is 18.2 Å². The second-order valence-corrected chi connectivity index (χ2v) is 6.13. The summed E-state index contributed by atoms with van der Waals surface area (Å²) in [7, 11) is -3.40. The number of hydrogen-bond donors (Lipinski definition) is 1. The number of rotatable bonds is 8. The van der Waals surface area contributed by atoms with Gasteiger partial charge in [-0.2, -0.15) is 0 Å². The predicted octanol–water partition coefficient (Wildman–Crippen LogP) is 1.62. The van der Waals surface area contributed by atoms with Crippen LogP contribution in [-0.2, 0) is 19.6 Å². The van der Waals surface area contributed by atoms with Crippen LogP contribution in [-0.4, -0.2) is 38.2 Å². The molecule has 20 heavy (non-hydrogen) atoms. The third-order valence-electron chi connectivity index (χ3n) is 2.48. The minimum Gasteiger partial charge on any atom is -0.466 e. The number of esters is 1. The zero-order valence-corrected chi connectivity index (χ0v) is 12.5. The van der Waals surface area contributed by atoms with E-state index in [1.165, 1.54) is 0 Å². The first-order valence-electron chi connectivity index (χ1n) is 6.38. The first kappa shape index (κ1) is 16.5. The predicted molar refractivity (Wildman–Crippen MR) is 77.5 cm³/mol. The van der Waals surface area contributed by atoms with Gasteiger partial charge in [0, 0.05) is 13.0 Å². The number of nitrogens with one attached hydrogen (secondary N) is 1. The van der Waals surface area contributed by atoms with E-state index < -0.39 is 10.0 Å². The van der Waals surface area contributed by atoms with Crippen molar-refractivity contribution in [1.82, 2.24) is 4.41 Å². The quantitative estimate of drug-likeness (QED) is 0.583. The summed E-state index contributed by atoms with van der Waals surface area (Å²) < 4.78 is 29.3. The molecule has 0 atom stereocenters. The summed E-state index contributed by atoms with van der Waals surface area (Å²) in [4.78, 5) is 11.2. The topological polar surface area (TPSA) is 75.7 Å². The van der Waals surface area contributed by atoms with E-state index in [9.17, 15) is 13.2 Å². The van der Waals surface area contributed by atoms with Gasteiger partial charge >= 0.3 is 5.97 Å². The van der Waals surface area contributed by atoms with Crippen molar-refractivity contribution in [3.63, 3.8) is 0 Å². The fourth-order valence-corrected chi connectivity index (χ4v) is 2.29. The van der Waals surface area contributed by atoms with E-state index in [1.54, 1.807) is 31.2 Å². The Kier molecular flexibility index (Phi) is 6.47. The maximum atomic E-state index is 11.7. The average molecular weight is 300 g/mol. The van der Waals surface area contributed by atoms with Gasteiger partial charge in [0.2, 0.25) is 10.0 Å². The van der Waals surface area contributed by atoms with Crippen LogP contribution < -0.4 is 5.43 Å². The maximum absolute atomic E-state index is 11.7. The SMILES string of the molecule is CCOC(=O)CCCN(Nc1ccccc1)S(C)(=O)=O. The van der Waals surface area contributed by atoms with Gasteiger partial charge in [0.05, 0.1) is 18.6 Å². The van der Waals surface area contributed by atoms with Gasteiger partial charge in [0.25, 0.3) is 0 Å². The Balaban J connectivity index is 2.56. The molecule has 0 fully saturated rings. The van der Waals surface area contributed by atoms with Crippen LogP contribution in [0.4, 0.5) is 5.69 Å². The lowest BCUT2D eigenvalue weighted by Crippen LogP contribution is -2.36. The summed E-state index contributed by atoms with van der Waals surface area (Å²) in [5.41, 5.74) is 3.49. The molecule has 0 aromatic heterocycles. The van der Waals surface area contributed by atoms with Gasteiger partial charge in [0.15, 0.2) is 0 Å². The van der Waals surface area contributed by atoms with E-state index in [2.05, 4.69) is 5.43 Å². The van der Waals surface area contributed by atoms with Crippen molar-refractivity contribution in [2.24, 2.45) is 0 Å². The molecule has 0 aliphatic heterocycles. The van der Waals surface area contributed by atoms with Crippen molar-refractivity contribution in [1.29, 1.82) is 0 Å². The van der Waals surface area contributed by atoms with Gasteiger partial charge < -0.3 is 10.2 Å². The average Bonchev–Trinajstić information content (AvgIpc) is 2.38. The highest BCUT2D eigenvalue weighted by Gasteiger charge is 2.16. The van der Waals surface area contributed by atoms with Crippen LogP contribution in [0, 0.1) is 0 Å². The Morgan fingerprint density at radius 3 is 2.50 bits per heavy atom. The lowest BCUT2D eigenvalue weighted by Gasteiger charge is -2.21. The Morgan fingerprint density at radius 2 is 1.95 bits per heavy atom. The minimum atomic E-state index is -3.40. The summed E-state index contributed by atoms with van der Waals surface area (Å²) in [5, 5.41) is 0. The lowest BCUT2D eigenvalue weighted by molar-refractivity contribution is -0.143. The van der Waals surface area contributed by atoms with Crippen LogP contribution in [0.25, 0.3) is 0 Å². The fourth-order valence-electron chi connectivity index (χ4n) is 1.56.